The van der Waals surface area contributed by atoms with E-state index in [0.29, 0.717) is 4.77 Å². The van der Waals surface area contributed by atoms with Gasteiger partial charge in [0.15, 0.2) is 4.77 Å². The SMILES string of the molecule is COc1ccc2[nH]c(=S)n(-c3cc(C)ccc3OC)c2c1. The van der Waals surface area contributed by atoms with Crippen molar-refractivity contribution in [3.63, 3.8) is 0 Å². The molecule has 2 aromatic carbocycles. The van der Waals surface area contributed by atoms with Crippen molar-refractivity contribution in [3.05, 3.63) is 46.7 Å². The lowest BCUT2D eigenvalue weighted by atomic mass is 10.2. The van der Waals surface area contributed by atoms with Crippen LogP contribution in [0.1, 0.15) is 5.56 Å². The number of aryl methyl sites for hydroxylation is 1. The molecule has 0 bridgehead atoms. The summed E-state index contributed by atoms with van der Waals surface area (Å²) < 4.78 is 13.4. The molecule has 0 spiro atoms. The topological polar surface area (TPSA) is 39.2 Å². The average Bonchev–Trinajstić information content (AvgIpc) is 2.81. The molecule has 1 N–H and O–H groups in total. The Balaban J connectivity index is 2.36. The maximum atomic E-state index is 5.48. The van der Waals surface area contributed by atoms with Crippen molar-refractivity contribution in [2.75, 3.05) is 14.2 Å². The van der Waals surface area contributed by atoms with E-state index in [1.807, 2.05) is 41.8 Å². The second-order valence-corrected chi connectivity index (χ2v) is 5.21. The highest BCUT2D eigenvalue weighted by molar-refractivity contribution is 7.71. The van der Waals surface area contributed by atoms with Crippen molar-refractivity contribution in [1.82, 2.24) is 9.55 Å². The molecule has 21 heavy (non-hydrogen) atoms. The molecule has 0 fully saturated rings. The number of benzene rings is 2. The number of aromatic nitrogens is 2. The normalized spacial score (nSPS) is 10.8. The third-order valence-corrected chi connectivity index (χ3v) is 3.75. The van der Waals surface area contributed by atoms with Gasteiger partial charge in [0.2, 0.25) is 0 Å². The van der Waals surface area contributed by atoms with E-state index in [1.165, 1.54) is 0 Å². The van der Waals surface area contributed by atoms with Crippen LogP contribution in [0.3, 0.4) is 0 Å². The van der Waals surface area contributed by atoms with Gasteiger partial charge < -0.3 is 14.5 Å². The number of methoxy groups -OCH3 is 2. The highest BCUT2D eigenvalue weighted by Gasteiger charge is 2.12. The largest absolute Gasteiger partial charge is 0.497 e. The van der Waals surface area contributed by atoms with E-state index >= 15 is 0 Å². The minimum atomic E-state index is 0.627. The first-order valence-corrected chi connectivity index (χ1v) is 6.98. The van der Waals surface area contributed by atoms with Crippen LogP contribution >= 0.6 is 12.2 Å². The van der Waals surface area contributed by atoms with Gasteiger partial charge in [0.1, 0.15) is 11.5 Å². The van der Waals surface area contributed by atoms with E-state index in [1.54, 1.807) is 14.2 Å². The molecule has 0 unspecified atom stereocenters. The van der Waals surface area contributed by atoms with Crippen LogP contribution in [0, 0.1) is 11.7 Å². The van der Waals surface area contributed by atoms with Crippen molar-refractivity contribution in [2.24, 2.45) is 0 Å². The number of nitrogens with zero attached hydrogens (tertiary/aromatic N) is 1. The number of ether oxygens (including phenoxy) is 2. The summed E-state index contributed by atoms with van der Waals surface area (Å²) in [5.41, 5.74) is 3.99. The monoisotopic (exact) mass is 300 g/mol. The molecule has 4 nitrogen and oxygen atoms in total. The fourth-order valence-electron chi connectivity index (χ4n) is 2.42. The van der Waals surface area contributed by atoms with E-state index in [-0.39, 0.29) is 0 Å². The van der Waals surface area contributed by atoms with Crippen LogP contribution in [-0.2, 0) is 0 Å². The van der Waals surface area contributed by atoms with Gasteiger partial charge >= 0.3 is 0 Å². The summed E-state index contributed by atoms with van der Waals surface area (Å²) in [7, 11) is 3.31. The Hall–Kier alpha value is -2.27. The fourth-order valence-corrected chi connectivity index (χ4v) is 2.73. The molecule has 0 saturated heterocycles. The Morgan fingerprint density at radius 1 is 1.05 bits per heavy atom. The highest BCUT2D eigenvalue weighted by atomic mass is 32.1. The van der Waals surface area contributed by atoms with Gasteiger partial charge in [-0.15, -0.1) is 0 Å². The first-order chi connectivity index (χ1) is 10.1. The minimum Gasteiger partial charge on any atom is -0.497 e. The van der Waals surface area contributed by atoms with Crippen molar-refractivity contribution < 1.29 is 9.47 Å². The van der Waals surface area contributed by atoms with Gasteiger partial charge in [0.25, 0.3) is 0 Å². The van der Waals surface area contributed by atoms with Gasteiger partial charge in [-0.2, -0.15) is 0 Å². The number of rotatable bonds is 3. The van der Waals surface area contributed by atoms with Gasteiger partial charge in [-0.05, 0) is 49.0 Å². The van der Waals surface area contributed by atoms with Gasteiger partial charge in [0.05, 0.1) is 30.9 Å². The molecule has 3 aromatic rings. The quantitative estimate of drug-likeness (QED) is 0.743. The predicted molar refractivity (Wildman–Crippen MR) is 86.3 cm³/mol. The number of hydrogen-bond donors (Lipinski definition) is 1. The van der Waals surface area contributed by atoms with E-state index in [0.717, 1.165) is 33.8 Å². The first kappa shape index (κ1) is 13.7. The molecule has 0 aliphatic carbocycles. The lowest BCUT2D eigenvalue weighted by molar-refractivity contribution is 0.412. The van der Waals surface area contributed by atoms with Crippen molar-refractivity contribution in [3.8, 4) is 17.2 Å². The molecule has 5 heteroatoms. The Labute approximate surface area is 127 Å². The summed E-state index contributed by atoms with van der Waals surface area (Å²) >= 11 is 5.48. The van der Waals surface area contributed by atoms with Gasteiger partial charge in [-0.1, -0.05) is 6.07 Å². The van der Waals surface area contributed by atoms with E-state index in [2.05, 4.69) is 11.1 Å². The van der Waals surface area contributed by atoms with Crippen LogP contribution in [0.25, 0.3) is 16.7 Å². The summed E-state index contributed by atoms with van der Waals surface area (Å²) in [5.74, 6) is 1.57. The molecule has 0 aliphatic rings. The number of nitrogens with one attached hydrogen (secondary N) is 1. The molecule has 0 atom stereocenters. The van der Waals surface area contributed by atoms with Crippen LogP contribution in [0.2, 0.25) is 0 Å². The summed E-state index contributed by atoms with van der Waals surface area (Å²) in [5, 5.41) is 0. The van der Waals surface area contributed by atoms with Crippen LogP contribution in [0.5, 0.6) is 11.5 Å². The molecular weight excluding hydrogens is 284 g/mol. The zero-order valence-corrected chi connectivity index (χ0v) is 13.0. The lowest BCUT2D eigenvalue weighted by Crippen LogP contribution is -1.99. The van der Waals surface area contributed by atoms with Crippen molar-refractivity contribution >= 4 is 23.3 Å². The van der Waals surface area contributed by atoms with Gasteiger partial charge in [0, 0.05) is 6.07 Å². The molecule has 108 valence electrons. The molecule has 0 aliphatic heterocycles. The first-order valence-electron chi connectivity index (χ1n) is 6.58. The van der Waals surface area contributed by atoms with Crippen LogP contribution in [0.15, 0.2) is 36.4 Å². The Bertz CT molecular complexity index is 864. The third kappa shape index (κ3) is 2.29. The molecule has 0 radical (unpaired) electrons. The molecule has 1 heterocycles. The summed E-state index contributed by atoms with van der Waals surface area (Å²) in [6.45, 7) is 2.04. The van der Waals surface area contributed by atoms with E-state index in [9.17, 15) is 0 Å². The number of aromatic amines is 1. The fraction of sp³-hybridized carbons (Fsp3) is 0.188. The summed E-state index contributed by atoms with van der Waals surface area (Å²) in [6.07, 6.45) is 0. The number of hydrogen-bond acceptors (Lipinski definition) is 3. The Morgan fingerprint density at radius 2 is 1.86 bits per heavy atom. The molecule has 0 amide bonds. The highest BCUT2D eigenvalue weighted by Crippen LogP contribution is 2.29. The molecular formula is C16H16N2O2S. The number of H-pyrrole nitrogens is 1. The maximum Gasteiger partial charge on any atom is 0.182 e. The van der Waals surface area contributed by atoms with Gasteiger partial charge in [-0.3, -0.25) is 4.57 Å². The smallest absolute Gasteiger partial charge is 0.182 e. The van der Waals surface area contributed by atoms with Crippen molar-refractivity contribution in [1.29, 1.82) is 0 Å². The lowest BCUT2D eigenvalue weighted by Gasteiger charge is -2.11. The number of imidazole rings is 1. The van der Waals surface area contributed by atoms with Gasteiger partial charge in [-0.25, -0.2) is 0 Å². The summed E-state index contributed by atoms with van der Waals surface area (Å²) in [6, 6.07) is 11.9. The maximum absolute atomic E-state index is 5.48. The third-order valence-electron chi connectivity index (χ3n) is 3.47. The average molecular weight is 300 g/mol. The molecule has 1 aromatic heterocycles. The standard InChI is InChI=1S/C16H16N2O2S/c1-10-4-7-15(20-3)14(8-10)18-13-9-11(19-2)5-6-12(13)17-16(18)21/h4-9H,1-3H3,(H,17,21). The van der Waals surface area contributed by atoms with Crippen LogP contribution in [0.4, 0.5) is 0 Å². The van der Waals surface area contributed by atoms with E-state index in [4.69, 9.17) is 21.7 Å². The van der Waals surface area contributed by atoms with Crippen molar-refractivity contribution in [2.45, 2.75) is 6.92 Å². The zero-order chi connectivity index (χ0) is 15.0. The molecule has 0 saturated carbocycles. The number of fused-ring (bicyclic) bond motifs is 1. The predicted octanol–water partition coefficient (Wildman–Crippen LogP) is 4.01. The second-order valence-electron chi connectivity index (χ2n) is 4.82. The molecule has 3 rings (SSSR count). The van der Waals surface area contributed by atoms with E-state index < -0.39 is 0 Å². The summed E-state index contributed by atoms with van der Waals surface area (Å²) in [4.78, 5) is 3.21. The Morgan fingerprint density at radius 3 is 2.57 bits per heavy atom. The van der Waals surface area contributed by atoms with Crippen LogP contribution in [-0.4, -0.2) is 23.8 Å². The minimum absolute atomic E-state index is 0.627. The second kappa shape index (κ2) is 5.26. The zero-order valence-electron chi connectivity index (χ0n) is 12.1. The van der Waals surface area contributed by atoms with Crippen LogP contribution < -0.4 is 9.47 Å². The Kier molecular flexibility index (Phi) is 3.43.